The first-order chi connectivity index (χ1) is 9.69. The van der Waals surface area contributed by atoms with Gasteiger partial charge in [0.1, 0.15) is 13.2 Å². The third kappa shape index (κ3) is 2.66. The maximum atomic E-state index is 12.0. The Hall–Kier alpha value is -2.30. The Morgan fingerprint density at radius 1 is 0.800 bits per heavy atom. The van der Waals surface area contributed by atoms with Crippen molar-refractivity contribution in [3.63, 3.8) is 0 Å². The maximum Gasteiger partial charge on any atom is 0.189 e. The molecule has 0 aliphatic rings. The van der Waals surface area contributed by atoms with Crippen LogP contribution >= 0.6 is 0 Å². The van der Waals surface area contributed by atoms with Crippen LogP contribution in [0, 0.1) is 0 Å². The highest BCUT2D eigenvalue weighted by molar-refractivity contribution is 6.13. The molecule has 20 heavy (non-hydrogen) atoms. The number of aliphatic hydroxyl groups excluding tert-OH is 2. The molecule has 0 aromatic heterocycles. The summed E-state index contributed by atoms with van der Waals surface area (Å²) in [7, 11) is 0. The third-order valence-corrected chi connectivity index (χ3v) is 3.02. The zero-order chi connectivity index (χ0) is 14.5. The van der Waals surface area contributed by atoms with Crippen LogP contribution in [0.2, 0.25) is 0 Å². The molecule has 0 fully saturated rings. The molecule has 0 heterocycles. The zero-order valence-corrected chi connectivity index (χ0v) is 10.7. The fourth-order valence-electron chi connectivity index (χ4n) is 2.11. The van der Waals surface area contributed by atoms with E-state index in [-0.39, 0.29) is 11.1 Å². The van der Waals surface area contributed by atoms with Crippen molar-refractivity contribution in [3.8, 4) is 11.1 Å². The summed E-state index contributed by atoms with van der Waals surface area (Å²) in [4.78, 5) is 23.7. The van der Waals surface area contributed by atoms with Crippen LogP contribution in [0.3, 0.4) is 0 Å². The number of carbonyl (C=O) groups excluding carboxylic acids is 2. The fourth-order valence-corrected chi connectivity index (χ4v) is 2.11. The van der Waals surface area contributed by atoms with Gasteiger partial charge in [0, 0.05) is 11.1 Å². The molecule has 2 aromatic rings. The molecule has 2 rings (SSSR count). The van der Waals surface area contributed by atoms with E-state index in [1.54, 1.807) is 12.1 Å². The zero-order valence-electron chi connectivity index (χ0n) is 10.7. The molecule has 0 aliphatic heterocycles. The average Bonchev–Trinajstić information content (AvgIpc) is 2.53. The van der Waals surface area contributed by atoms with Gasteiger partial charge in [-0.1, -0.05) is 48.5 Å². The molecular weight excluding hydrogens is 256 g/mol. The first-order valence-electron chi connectivity index (χ1n) is 6.15. The van der Waals surface area contributed by atoms with E-state index in [2.05, 4.69) is 0 Å². The lowest BCUT2D eigenvalue weighted by molar-refractivity contribution is 0.0871. The minimum atomic E-state index is -0.685. The van der Waals surface area contributed by atoms with Gasteiger partial charge in [0.15, 0.2) is 11.6 Å². The molecule has 0 unspecified atom stereocenters. The Bertz CT molecular complexity index is 632. The van der Waals surface area contributed by atoms with Crippen LogP contribution in [-0.4, -0.2) is 35.0 Å². The highest BCUT2D eigenvalue weighted by atomic mass is 16.3. The number of aliphatic hydroxyl groups is 2. The van der Waals surface area contributed by atoms with Crippen LogP contribution in [-0.2, 0) is 0 Å². The molecule has 0 radical (unpaired) electrons. The second-order valence-corrected chi connectivity index (χ2v) is 4.26. The van der Waals surface area contributed by atoms with Crippen LogP contribution < -0.4 is 0 Å². The Morgan fingerprint density at radius 3 is 2.05 bits per heavy atom. The van der Waals surface area contributed by atoms with Gasteiger partial charge in [-0.05, 0) is 11.1 Å². The van der Waals surface area contributed by atoms with Gasteiger partial charge >= 0.3 is 0 Å². The maximum absolute atomic E-state index is 12.0. The van der Waals surface area contributed by atoms with E-state index in [4.69, 9.17) is 10.2 Å². The second-order valence-electron chi connectivity index (χ2n) is 4.26. The molecule has 2 N–H and O–H groups in total. The fraction of sp³-hybridized carbons (Fsp3) is 0.125. The highest BCUT2D eigenvalue weighted by Crippen LogP contribution is 2.27. The van der Waals surface area contributed by atoms with Crippen molar-refractivity contribution in [1.82, 2.24) is 0 Å². The van der Waals surface area contributed by atoms with Crippen molar-refractivity contribution in [2.24, 2.45) is 0 Å². The van der Waals surface area contributed by atoms with Gasteiger partial charge in [0.05, 0.1) is 0 Å². The summed E-state index contributed by atoms with van der Waals surface area (Å²) in [6, 6.07) is 14.0. The van der Waals surface area contributed by atoms with Crippen LogP contribution in [0.15, 0.2) is 48.5 Å². The smallest absolute Gasteiger partial charge is 0.189 e. The van der Waals surface area contributed by atoms with Crippen molar-refractivity contribution < 1.29 is 19.8 Å². The summed E-state index contributed by atoms with van der Waals surface area (Å²) >= 11 is 0. The van der Waals surface area contributed by atoms with Crippen molar-refractivity contribution in [2.45, 2.75) is 0 Å². The monoisotopic (exact) mass is 270 g/mol. The average molecular weight is 270 g/mol. The summed E-state index contributed by atoms with van der Waals surface area (Å²) in [5, 5.41) is 18.1. The predicted molar refractivity (Wildman–Crippen MR) is 74.7 cm³/mol. The molecule has 4 nitrogen and oxygen atoms in total. The largest absolute Gasteiger partial charge is 0.388 e. The van der Waals surface area contributed by atoms with Crippen LogP contribution in [0.1, 0.15) is 20.7 Å². The van der Waals surface area contributed by atoms with Gasteiger partial charge < -0.3 is 10.2 Å². The minimum absolute atomic E-state index is 0.132. The van der Waals surface area contributed by atoms with Crippen molar-refractivity contribution in [2.75, 3.05) is 13.2 Å². The molecule has 0 spiro atoms. The lowest BCUT2D eigenvalue weighted by atomic mass is 9.91. The van der Waals surface area contributed by atoms with E-state index in [1.165, 1.54) is 6.07 Å². The predicted octanol–water partition coefficient (Wildman–Crippen LogP) is 1.70. The van der Waals surface area contributed by atoms with Gasteiger partial charge in [-0.3, -0.25) is 9.59 Å². The van der Waals surface area contributed by atoms with Crippen molar-refractivity contribution >= 4 is 11.6 Å². The van der Waals surface area contributed by atoms with Gasteiger partial charge in [-0.2, -0.15) is 0 Å². The number of hydrogen-bond donors (Lipinski definition) is 2. The Labute approximate surface area is 116 Å². The van der Waals surface area contributed by atoms with Crippen LogP contribution in [0.5, 0.6) is 0 Å². The molecule has 102 valence electrons. The first-order valence-corrected chi connectivity index (χ1v) is 6.15. The van der Waals surface area contributed by atoms with Crippen molar-refractivity contribution in [1.29, 1.82) is 0 Å². The number of benzene rings is 2. The Morgan fingerprint density at radius 2 is 1.45 bits per heavy atom. The van der Waals surface area contributed by atoms with E-state index in [9.17, 15) is 9.59 Å². The molecule has 0 aliphatic carbocycles. The lowest BCUT2D eigenvalue weighted by Crippen LogP contribution is -2.15. The summed E-state index contributed by atoms with van der Waals surface area (Å²) in [6.45, 7) is -1.36. The summed E-state index contributed by atoms with van der Waals surface area (Å²) in [5.74, 6) is -1.08. The molecule has 0 saturated heterocycles. The summed E-state index contributed by atoms with van der Waals surface area (Å²) in [5.41, 5.74) is 1.63. The quantitative estimate of drug-likeness (QED) is 0.811. The molecule has 4 heteroatoms. The molecule has 0 bridgehead atoms. The van der Waals surface area contributed by atoms with E-state index >= 15 is 0 Å². The Balaban J connectivity index is 2.69. The minimum Gasteiger partial charge on any atom is -0.388 e. The Kier molecular flexibility index (Phi) is 4.40. The lowest BCUT2D eigenvalue weighted by Gasteiger charge is -2.12. The van der Waals surface area contributed by atoms with E-state index in [1.807, 2.05) is 30.3 Å². The molecule has 0 atom stereocenters. The van der Waals surface area contributed by atoms with Crippen LogP contribution in [0.4, 0.5) is 0 Å². The van der Waals surface area contributed by atoms with Gasteiger partial charge in [0.25, 0.3) is 0 Å². The first kappa shape index (κ1) is 14.1. The van der Waals surface area contributed by atoms with Crippen LogP contribution in [0.25, 0.3) is 11.1 Å². The number of rotatable bonds is 5. The van der Waals surface area contributed by atoms with E-state index < -0.39 is 24.8 Å². The number of ketones is 2. The SMILES string of the molecule is O=C(CO)c1cccc(-c2ccccc2)c1C(=O)CO. The molecule has 2 aromatic carbocycles. The van der Waals surface area contributed by atoms with Gasteiger partial charge in [-0.15, -0.1) is 0 Å². The van der Waals surface area contributed by atoms with Crippen molar-refractivity contribution in [3.05, 3.63) is 59.7 Å². The number of carbonyl (C=O) groups is 2. The highest BCUT2D eigenvalue weighted by Gasteiger charge is 2.20. The normalized spacial score (nSPS) is 10.3. The third-order valence-electron chi connectivity index (χ3n) is 3.02. The van der Waals surface area contributed by atoms with E-state index in [0.717, 1.165) is 5.56 Å². The molecular formula is C16H14O4. The standard InChI is InChI=1S/C16H14O4/c17-9-14(19)13-8-4-7-12(16(13)15(20)10-18)11-5-2-1-3-6-11/h1-8,17-18H,9-10H2. The number of hydrogen-bond acceptors (Lipinski definition) is 4. The van der Waals surface area contributed by atoms with Gasteiger partial charge in [0.2, 0.25) is 0 Å². The summed E-state index contributed by atoms with van der Waals surface area (Å²) in [6.07, 6.45) is 0. The van der Waals surface area contributed by atoms with Gasteiger partial charge in [-0.25, -0.2) is 0 Å². The molecule has 0 amide bonds. The topological polar surface area (TPSA) is 74.6 Å². The summed E-state index contributed by atoms with van der Waals surface area (Å²) < 4.78 is 0. The van der Waals surface area contributed by atoms with E-state index in [0.29, 0.717) is 5.56 Å². The second kappa shape index (κ2) is 6.23. The molecule has 0 saturated carbocycles. The number of Topliss-reactive ketones (excluding diaryl/α,β-unsaturated/α-hetero) is 2.